The Hall–Kier alpha value is -3.02. The van der Waals surface area contributed by atoms with E-state index in [0.29, 0.717) is 37.6 Å². The lowest BCUT2D eigenvalue weighted by atomic mass is 10.2. The molecule has 6 heteroatoms. The fraction of sp³-hybridized carbons (Fsp3) is 0.417. The van der Waals surface area contributed by atoms with Gasteiger partial charge < -0.3 is 19.7 Å². The molecule has 0 aliphatic carbocycles. The van der Waals surface area contributed by atoms with Gasteiger partial charge in [0.2, 0.25) is 0 Å². The highest BCUT2D eigenvalue weighted by Gasteiger charge is 2.06. The maximum Gasteiger partial charge on any atom is 0.305 e. The molecule has 2 aromatic rings. The summed E-state index contributed by atoms with van der Waals surface area (Å²) in [5.41, 5.74) is 0. The zero-order chi connectivity index (χ0) is 21.9. The molecule has 0 amide bonds. The third kappa shape index (κ3) is 15.0. The van der Waals surface area contributed by atoms with Crippen molar-refractivity contribution in [3.8, 4) is 11.5 Å². The Balaban J connectivity index is 0.000000200. The maximum atomic E-state index is 10.5. The molecule has 0 spiro atoms. The van der Waals surface area contributed by atoms with E-state index in [0.717, 1.165) is 38.5 Å². The van der Waals surface area contributed by atoms with Crippen LogP contribution in [0.15, 0.2) is 60.7 Å². The van der Waals surface area contributed by atoms with Crippen molar-refractivity contribution in [1.29, 1.82) is 0 Å². The topological polar surface area (TPSA) is 93.1 Å². The van der Waals surface area contributed by atoms with Crippen LogP contribution in [0, 0.1) is 0 Å². The largest absolute Gasteiger partial charge is 0.508 e. The molecule has 2 heterocycles. The van der Waals surface area contributed by atoms with Gasteiger partial charge in [0.1, 0.15) is 11.5 Å². The van der Waals surface area contributed by atoms with Crippen molar-refractivity contribution in [3.63, 3.8) is 0 Å². The van der Waals surface area contributed by atoms with Crippen LogP contribution in [0.3, 0.4) is 0 Å². The Morgan fingerprint density at radius 2 is 0.900 bits per heavy atom. The number of cyclic esters (lactones) is 2. The molecule has 0 radical (unpaired) electrons. The number of hydrogen-bond donors (Lipinski definition) is 2. The third-order valence-electron chi connectivity index (χ3n) is 4.09. The van der Waals surface area contributed by atoms with Crippen LogP contribution in [-0.2, 0) is 19.1 Å². The fourth-order valence-electron chi connectivity index (χ4n) is 2.47. The summed E-state index contributed by atoms with van der Waals surface area (Å²) in [7, 11) is 0. The lowest BCUT2D eigenvalue weighted by Gasteiger charge is -1.93. The van der Waals surface area contributed by atoms with E-state index in [9.17, 15) is 9.59 Å². The lowest BCUT2D eigenvalue weighted by molar-refractivity contribution is -0.143. The standard InChI is InChI=1S/2C6H10O2.2C6H6O/c2*7-6-4-2-1-3-5-8-6;2*7-6-4-2-1-3-5-6/h2*1-5H2;2*1-5,7H. The summed E-state index contributed by atoms with van der Waals surface area (Å²) >= 11 is 0. The Morgan fingerprint density at radius 1 is 0.533 bits per heavy atom. The van der Waals surface area contributed by atoms with Crippen LogP contribution < -0.4 is 0 Å². The monoisotopic (exact) mass is 416 g/mol. The number of benzene rings is 2. The van der Waals surface area contributed by atoms with Crippen LogP contribution in [0.2, 0.25) is 0 Å². The van der Waals surface area contributed by atoms with E-state index in [4.69, 9.17) is 19.7 Å². The lowest BCUT2D eigenvalue weighted by Crippen LogP contribution is -2.00. The highest BCUT2D eigenvalue weighted by Crippen LogP contribution is 2.07. The first-order valence-electron chi connectivity index (χ1n) is 10.4. The molecule has 2 saturated heterocycles. The van der Waals surface area contributed by atoms with Crippen molar-refractivity contribution in [2.75, 3.05) is 13.2 Å². The zero-order valence-corrected chi connectivity index (χ0v) is 17.4. The second-order valence-electron chi connectivity index (χ2n) is 6.73. The van der Waals surface area contributed by atoms with E-state index in [-0.39, 0.29) is 11.9 Å². The first-order chi connectivity index (χ1) is 14.6. The van der Waals surface area contributed by atoms with Gasteiger partial charge in [0.15, 0.2) is 0 Å². The smallest absolute Gasteiger partial charge is 0.305 e. The number of ether oxygens (including phenoxy) is 2. The summed E-state index contributed by atoms with van der Waals surface area (Å²) in [6, 6.07) is 17.4. The molecule has 2 aromatic carbocycles. The van der Waals surface area contributed by atoms with Crippen molar-refractivity contribution in [2.24, 2.45) is 0 Å². The summed E-state index contributed by atoms with van der Waals surface area (Å²) in [6.45, 7) is 1.28. The summed E-state index contributed by atoms with van der Waals surface area (Å²) in [5.74, 6) is 0.593. The van der Waals surface area contributed by atoms with Crippen molar-refractivity contribution in [3.05, 3.63) is 60.7 Å². The molecule has 4 rings (SSSR count). The second-order valence-corrected chi connectivity index (χ2v) is 6.73. The van der Waals surface area contributed by atoms with Crippen molar-refractivity contribution in [2.45, 2.75) is 51.4 Å². The van der Waals surface area contributed by atoms with Gasteiger partial charge in [0.25, 0.3) is 0 Å². The number of aromatic hydroxyl groups is 2. The highest BCUT2D eigenvalue weighted by molar-refractivity contribution is 5.69. The molecule has 2 aliphatic heterocycles. The summed E-state index contributed by atoms with van der Waals surface area (Å²) in [4.78, 5) is 20.9. The van der Waals surface area contributed by atoms with Gasteiger partial charge in [0.05, 0.1) is 13.2 Å². The van der Waals surface area contributed by atoms with Gasteiger partial charge in [-0.1, -0.05) is 36.4 Å². The first-order valence-corrected chi connectivity index (χ1v) is 10.4. The third-order valence-corrected chi connectivity index (χ3v) is 4.09. The zero-order valence-electron chi connectivity index (χ0n) is 17.4. The van der Waals surface area contributed by atoms with Gasteiger partial charge in [0, 0.05) is 12.8 Å². The predicted molar refractivity (Wildman–Crippen MR) is 115 cm³/mol. The molecule has 2 N–H and O–H groups in total. The minimum absolute atomic E-state index is 0.0255. The molecular formula is C24H32O6. The number of carbonyl (C=O) groups excluding carboxylic acids is 2. The van der Waals surface area contributed by atoms with Gasteiger partial charge in [-0.3, -0.25) is 9.59 Å². The van der Waals surface area contributed by atoms with Crippen molar-refractivity contribution < 1.29 is 29.3 Å². The van der Waals surface area contributed by atoms with Crippen molar-refractivity contribution in [1.82, 2.24) is 0 Å². The minimum Gasteiger partial charge on any atom is -0.508 e. The number of para-hydroxylation sites is 2. The van der Waals surface area contributed by atoms with Gasteiger partial charge in [-0.05, 0) is 62.8 Å². The van der Waals surface area contributed by atoms with Crippen molar-refractivity contribution >= 4 is 11.9 Å². The predicted octanol–water partition coefficient (Wildman–Crippen LogP) is 4.99. The van der Waals surface area contributed by atoms with Gasteiger partial charge in [-0.25, -0.2) is 0 Å². The number of phenols is 2. The molecule has 6 nitrogen and oxygen atoms in total. The van der Waals surface area contributed by atoms with E-state index in [2.05, 4.69) is 0 Å². The van der Waals surface area contributed by atoms with Crippen LogP contribution in [-0.4, -0.2) is 35.4 Å². The number of hydrogen-bond acceptors (Lipinski definition) is 6. The molecule has 0 bridgehead atoms. The minimum atomic E-state index is -0.0255. The van der Waals surface area contributed by atoms with Gasteiger partial charge in [-0.15, -0.1) is 0 Å². The Kier molecular flexibility index (Phi) is 14.1. The van der Waals surface area contributed by atoms with Crippen LogP contribution in [0.25, 0.3) is 0 Å². The SMILES string of the molecule is O=C1CCCCCO1.O=C1CCCCCO1.Oc1ccccc1.Oc1ccccc1. The fourth-order valence-corrected chi connectivity index (χ4v) is 2.47. The number of esters is 2. The van der Waals surface area contributed by atoms with E-state index >= 15 is 0 Å². The van der Waals surface area contributed by atoms with E-state index < -0.39 is 0 Å². The second kappa shape index (κ2) is 16.9. The van der Waals surface area contributed by atoms with Crippen LogP contribution in [0.5, 0.6) is 11.5 Å². The summed E-state index contributed by atoms with van der Waals surface area (Å²) < 4.78 is 9.53. The number of carbonyl (C=O) groups is 2. The van der Waals surface area contributed by atoms with E-state index in [1.54, 1.807) is 48.5 Å². The summed E-state index contributed by atoms with van der Waals surface area (Å²) in [6.07, 6.45) is 7.66. The average Bonchev–Trinajstić information content (AvgIpc) is 3.15. The molecule has 164 valence electrons. The quantitative estimate of drug-likeness (QED) is 0.588. The Bertz CT molecular complexity index is 606. The number of phenolic OH excluding ortho intramolecular Hbond substituents is 2. The normalized spacial score (nSPS) is 15.6. The molecule has 0 unspecified atom stereocenters. The van der Waals surface area contributed by atoms with E-state index in [1.165, 1.54) is 0 Å². The first kappa shape index (κ1) is 25.0. The molecule has 0 aromatic heterocycles. The molecular weight excluding hydrogens is 384 g/mol. The van der Waals surface area contributed by atoms with Gasteiger partial charge >= 0.3 is 11.9 Å². The number of rotatable bonds is 0. The van der Waals surface area contributed by atoms with Crippen LogP contribution in [0.1, 0.15) is 51.4 Å². The molecule has 0 saturated carbocycles. The Morgan fingerprint density at radius 3 is 1.20 bits per heavy atom. The van der Waals surface area contributed by atoms with Gasteiger partial charge in [-0.2, -0.15) is 0 Å². The molecule has 0 atom stereocenters. The highest BCUT2D eigenvalue weighted by atomic mass is 16.5. The Labute approximate surface area is 178 Å². The van der Waals surface area contributed by atoms with Crippen LogP contribution >= 0.6 is 0 Å². The molecule has 2 aliphatic rings. The van der Waals surface area contributed by atoms with E-state index in [1.807, 2.05) is 12.1 Å². The maximum absolute atomic E-state index is 10.5. The van der Waals surface area contributed by atoms with Crippen LogP contribution in [0.4, 0.5) is 0 Å². The summed E-state index contributed by atoms with van der Waals surface area (Å²) in [5, 5.41) is 17.3. The average molecular weight is 417 g/mol. The molecule has 30 heavy (non-hydrogen) atoms. The molecule has 2 fully saturated rings.